The number of carbonyl (C=O) groups is 1. The van der Waals surface area contributed by atoms with Crippen LogP contribution in [0.2, 0.25) is 0 Å². The molecule has 1 aliphatic carbocycles. The number of H-pyrrole nitrogens is 1. The lowest BCUT2D eigenvalue weighted by atomic mass is 9.87. The summed E-state index contributed by atoms with van der Waals surface area (Å²) in [5, 5.41) is 13.8. The van der Waals surface area contributed by atoms with Crippen LogP contribution in [0.25, 0.3) is 38.3 Å². The number of aryl methyl sites for hydroxylation is 3. The van der Waals surface area contributed by atoms with Crippen LogP contribution in [0.5, 0.6) is 0 Å². The van der Waals surface area contributed by atoms with Crippen molar-refractivity contribution >= 4 is 38.4 Å². The third kappa shape index (κ3) is 5.63. The van der Waals surface area contributed by atoms with Crippen LogP contribution < -0.4 is 11.4 Å². The fourth-order valence-electron chi connectivity index (χ4n) is 11.0. The molecule has 2 aromatic carbocycles. The van der Waals surface area contributed by atoms with Gasteiger partial charge in [-0.15, -0.1) is 11.3 Å². The smallest absolute Gasteiger partial charge is 0.376 e. The molecule has 6 aromatic heterocycles. The molecule has 0 spiro atoms. The predicted octanol–water partition coefficient (Wildman–Crippen LogP) is 7.40. The van der Waals surface area contributed by atoms with Gasteiger partial charge in [-0.3, -0.25) is 28.1 Å². The summed E-state index contributed by atoms with van der Waals surface area (Å²) >= 11 is 1.69. The summed E-state index contributed by atoms with van der Waals surface area (Å²) in [6.45, 7) is 8.28. The molecule has 3 fully saturated rings. The van der Waals surface area contributed by atoms with Gasteiger partial charge in [0.25, 0.3) is 5.91 Å². The summed E-state index contributed by atoms with van der Waals surface area (Å²) < 4.78 is 51.4. The van der Waals surface area contributed by atoms with E-state index in [4.69, 9.17) is 14.4 Å². The highest BCUT2D eigenvalue weighted by Crippen LogP contribution is 2.54. The largest absolute Gasteiger partial charge is 0.438 e. The minimum atomic E-state index is -0.787. The molecule has 1 amide bonds. The molecule has 0 unspecified atom stereocenters. The van der Waals surface area contributed by atoms with E-state index in [1.54, 1.807) is 72.1 Å². The minimum Gasteiger partial charge on any atom is -0.376 e. The molecule has 328 valence electrons. The summed E-state index contributed by atoms with van der Waals surface area (Å²) in [4.78, 5) is 48.6. The predicted molar refractivity (Wildman–Crippen MR) is 233 cm³/mol. The standard InChI is InChI=1S/C46H44F2N10O5S/c1-23-16-27(17-24(2)38(23)47)58-40(55-14-13-54(44(55)61)32-9-8-30-28(39(32)48)22-49-53(30)5)37-29(51-58)18-26-6-7-31(37)56(26)41(59)34-20-36-33(19-35(64-36)25-10-15-62-45(3,4)21-25)57(34)46(11-12-46)42-50-43(60)63-52-42/h8-9,13-14,16-17,19-20,22,25-26,31H,6-7,10-12,15,18,21H2,1-5H3,(H,50,52,60)/t25-,26+,31-/m0/s1. The number of thiophene rings is 1. The number of rotatable bonds is 7. The first-order valence-corrected chi connectivity index (χ1v) is 22.5. The van der Waals surface area contributed by atoms with Crippen LogP contribution in [-0.4, -0.2) is 72.5 Å². The molecule has 8 aromatic rings. The molecule has 18 heteroatoms. The van der Waals surface area contributed by atoms with Crippen molar-refractivity contribution in [3.8, 4) is 17.2 Å². The van der Waals surface area contributed by atoms with Gasteiger partial charge in [0.2, 0.25) is 0 Å². The van der Waals surface area contributed by atoms with Gasteiger partial charge in [-0.25, -0.2) is 23.1 Å². The molecule has 64 heavy (non-hydrogen) atoms. The van der Waals surface area contributed by atoms with E-state index in [2.05, 4.69) is 39.7 Å². The highest BCUT2D eigenvalue weighted by atomic mass is 32.1. The lowest BCUT2D eigenvalue weighted by Crippen LogP contribution is -2.43. The number of hydrogen-bond donors (Lipinski definition) is 1. The quantitative estimate of drug-likeness (QED) is 0.174. The molecular weight excluding hydrogens is 843 g/mol. The van der Waals surface area contributed by atoms with Crippen LogP contribution >= 0.6 is 11.3 Å². The van der Waals surface area contributed by atoms with Crippen LogP contribution in [-0.2, 0) is 23.7 Å². The first kappa shape index (κ1) is 39.2. The monoisotopic (exact) mass is 886 g/mol. The summed E-state index contributed by atoms with van der Waals surface area (Å²) in [5.74, 6) is -0.692. The summed E-state index contributed by atoms with van der Waals surface area (Å²) in [6.07, 6.45) is 9.33. The van der Waals surface area contributed by atoms with Crippen molar-refractivity contribution in [2.75, 3.05) is 6.61 Å². The number of amides is 1. The van der Waals surface area contributed by atoms with Gasteiger partial charge in [0.15, 0.2) is 11.6 Å². The zero-order valence-corrected chi connectivity index (χ0v) is 36.6. The summed E-state index contributed by atoms with van der Waals surface area (Å²) in [5.41, 5.74) is 3.24. The van der Waals surface area contributed by atoms with E-state index in [9.17, 15) is 9.59 Å². The van der Waals surface area contributed by atoms with Crippen LogP contribution in [0.3, 0.4) is 0 Å². The van der Waals surface area contributed by atoms with Crippen molar-refractivity contribution in [2.24, 2.45) is 7.05 Å². The van der Waals surface area contributed by atoms with Gasteiger partial charge in [0.05, 0.1) is 56.0 Å². The Balaban J connectivity index is 1.01. The van der Waals surface area contributed by atoms with E-state index < -0.39 is 28.8 Å². The van der Waals surface area contributed by atoms with Crippen molar-refractivity contribution in [3.63, 3.8) is 0 Å². The van der Waals surface area contributed by atoms with Gasteiger partial charge in [-0.2, -0.15) is 10.2 Å². The maximum absolute atomic E-state index is 16.1. The number of nitrogens with zero attached hydrogens (tertiary/aromatic N) is 9. The Morgan fingerprint density at radius 2 is 1.75 bits per heavy atom. The van der Waals surface area contributed by atoms with Crippen LogP contribution in [0.4, 0.5) is 8.78 Å². The van der Waals surface area contributed by atoms with E-state index >= 15 is 13.6 Å². The Morgan fingerprint density at radius 3 is 2.48 bits per heavy atom. The van der Waals surface area contributed by atoms with Gasteiger partial charge < -0.3 is 14.2 Å². The Kier molecular flexibility index (Phi) is 8.31. The molecule has 4 aliphatic rings. The second-order valence-electron chi connectivity index (χ2n) is 18.6. The van der Waals surface area contributed by atoms with Gasteiger partial charge in [-0.1, -0.05) is 5.16 Å². The molecule has 1 saturated carbocycles. The fourth-order valence-corrected chi connectivity index (χ4v) is 12.2. The number of fused-ring (bicyclic) bond motifs is 6. The van der Waals surface area contributed by atoms with Crippen molar-refractivity contribution in [2.45, 2.75) is 102 Å². The Bertz CT molecular complexity index is 3370. The van der Waals surface area contributed by atoms with E-state index in [0.717, 1.165) is 28.8 Å². The van der Waals surface area contributed by atoms with Crippen molar-refractivity contribution < 1.29 is 22.8 Å². The molecule has 3 aliphatic heterocycles. The molecular formula is C46H44F2N10O5S. The molecule has 2 bridgehead atoms. The van der Waals surface area contributed by atoms with E-state index in [1.165, 1.54) is 26.4 Å². The first-order chi connectivity index (χ1) is 30.7. The van der Waals surface area contributed by atoms with E-state index in [1.807, 2.05) is 11.0 Å². The number of aromatic nitrogens is 9. The number of imidazole rings is 1. The van der Waals surface area contributed by atoms with Gasteiger partial charge in [-0.05, 0) is 120 Å². The van der Waals surface area contributed by atoms with Gasteiger partial charge >= 0.3 is 11.4 Å². The molecule has 9 heterocycles. The topological polar surface area (TPSA) is 156 Å². The molecule has 3 atom stereocenters. The van der Waals surface area contributed by atoms with Crippen LogP contribution in [0, 0.1) is 25.5 Å². The van der Waals surface area contributed by atoms with Gasteiger partial charge in [0, 0.05) is 49.0 Å². The number of aromatic amines is 1. The highest BCUT2D eigenvalue weighted by Gasteiger charge is 2.54. The van der Waals surface area contributed by atoms with Crippen molar-refractivity contribution in [1.82, 2.24) is 48.3 Å². The average molecular weight is 887 g/mol. The molecule has 0 radical (unpaired) electrons. The average Bonchev–Trinajstić information content (AvgIpc) is 3.95. The molecule has 12 rings (SSSR count). The van der Waals surface area contributed by atoms with Crippen molar-refractivity contribution in [1.29, 1.82) is 0 Å². The van der Waals surface area contributed by atoms with Crippen LogP contribution in [0.1, 0.15) is 108 Å². The SMILES string of the molecule is Cc1cc(-n2nc3c(c2-n2ccn(-c4ccc5c(cnn5C)c4F)c2=O)[C@@H]2CC[C@H](C3)N2C(=O)c2cc3sc([C@H]4CCOC(C)(C)C4)cc3n2C2(c3noc(=O)[nH]3)CC2)cc(C)c1F. The zero-order chi connectivity index (χ0) is 44.1. The lowest BCUT2D eigenvalue weighted by Gasteiger charge is -2.35. The number of nitrogens with one attached hydrogen (secondary N) is 1. The van der Waals surface area contributed by atoms with Crippen LogP contribution in [0.15, 0.2) is 69.1 Å². The second kappa shape index (κ2) is 13.6. The van der Waals surface area contributed by atoms with Crippen molar-refractivity contribution in [3.05, 3.63) is 126 Å². The molecule has 15 nitrogen and oxygen atoms in total. The first-order valence-electron chi connectivity index (χ1n) is 21.7. The second-order valence-corrected chi connectivity index (χ2v) is 19.7. The number of hydrogen-bond acceptors (Lipinski definition) is 9. The number of ether oxygens (including phenoxy) is 1. The Labute approximate surface area is 367 Å². The maximum atomic E-state index is 16.1. The third-order valence-electron chi connectivity index (χ3n) is 14.1. The summed E-state index contributed by atoms with van der Waals surface area (Å²) in [6, 6.07) is 10.2. The van der Waals surface area contributed by atoms with Gasteiger partial charge in [0.1, 0.15) is 22.9 Å². The molecule has 2 saturated heterocycles. The number of carbonyl (C=O) groups excluding carboxylic acids is 1. The maximum Gasteiger partial charge on any atom is 0.438 e. The number of benzene rings is 2. The fraction of sp³-hybridized carbons (Fsp3) is 0.391. The number of halogens is 2. The molecule has 1 N–H and O–H groups in total. The normalized spacial score (nSPS) is 21.0. The Morgan fingerprint density at radius 1 is 0.969 bits per heavy atom. The minimum absolute atomic E-state index is 0.0577. The lowest BCUT2D eigenvalue weighted by molar-refractivity contribution is -0.0588. The third-order valence-corrected chi connectivity index (χ3v) is 15.3. The Hall–Kier alpha value is -6.40. The van der Waals surface area contributed by atoms with E-state index in [0.29, 0.717) is 89.9 Å². The highest BCUT2D eigenvalue weighted by molar-refractivity contribution is 7.19. The van der Waals surface area contributed by atoms with E-state index in [-0.39, 0.29) is 34.4 Å². The summed E-state index contributed by atoms with van der Waals surface area (Å²) in [7, 11) is 1.72. The zero-order valence-electron chi connectivity index (χ0n) is 35.8.